The van der Waals surface area contributed by atoms with Gasteiger partial charge in [-0.05, 0) is 99.7 Å². The molecule has 1 aromatic heterocycles. The van der Waals surface area contributed by atoms with Crippen molar-refractivity contribution in [3.05, 3.63) is 137 Å². The van der Waals surface area contributed by atoms with Crippen LogP contribution in [-0.4, -0.2) is 23.8 Å². The fourth-order valence-corrected chi connectivity index (χ4v) is 7.70. The Labute approximate surface area is 365 Å². The van der Waals surface area contributed by atoms with E-state index < -0.39 is 0 Å². The summed E-state index contributed by atoms with van der Waals surface area (Å²) in [5, 5.41) is 9.73. The number of aromatic nitrogens is 2. The maximum atomic E-state index is 6.40. The normalized spacial score (nSPS) is 12.9. The van der Waals surface area contributed by atoms with E-state index in [0.717, 1.165) is 105 Å². The first-order valence-electron chi connectivity index (χ1n) is 22.6. The van der Waals surface area contributed by atoms with Gasteiger partial charge in [-0.2, -0.15) is 0 Å². The van der Waals surface area contributed by atoms with Gasteiger partial charge in [0, 0.05) is 77.8 Å². The van der Waals surface area contributed by atoms with Gasteiger partial charge in [0.05, 0.1) is 0 Å². The Bertz CT molecular complexity index is 2450. The zero-order valence-electron chi connectivity index (χ0n) is 38.0. The number of hydrogen-bond donors (Lipinski definition) is 5. The van der Waals surface area contributed by atoms with E-state index in [-0.39, 0.29) is 0 Å². The van der Waals surface area contributed by atoms with Crippen LogP contribution in [0, 0.1) is 20.8 Å². The van der Waals surface area contributed by atoms with Crippen molar-refractivity contribution in [1.29, 1.82) is 0 Å². The summed E-state index contributed by atoms with van der Waals surface area (Å²) >= 11 is 0. The fraction of sp³-hybridized carbons (Fsp3) is 0.340. The maximum Gasteiger partial charge on any atom is 0.239 e. The van der Waals surface area contributed by atoms with E-state index in [1.165, 1.54) is 54.6 Å². The first-order valence-corrected chi connectivity index (χ1v) is 22.6. The van der Waals surface area contributed by atoms with Gasteiger partial charge in [-0.25, -0.2) is 9.98 Å². The van der Waals surface area contributed by atoms with E-state index in [4.69, 9.17) is 21.4 Å². The Kier molecular flexibility index (Phi) is 17.5. The number of nitrogens with one attached hydrogen (secondary N) is 2. The van der Waals surface area contributed by atoms with Crippen molar-refractivity contribution in [3.63, 3.8) is 0 Å². The number of nitrogen functional groups attached to an aromatic ring is 1. The second-order valence-electron chi connectivity index (χ2n) is 15.5. The molecule has 6 aromatic rings. The molecule has 1 aliphatic rings. The molecule has 8 N–H and O–H groups in total. The Morgan fingerprint density at radius 2 is 1.23 bits per heavy atom. The minimum absolute atomic E-state index is 0.747. The van der Waals surface area contributed by atoms with Crippen LogP contribution in [0.4, 0.5) is 34.1 Å². The molecule has 1 heterocycles. The molecule has 0 atom stereocenters. The van der Waals surface area contributed by atoms with Gasteiger partial charge >= 0.3 is 0 Å². The van der Waals surface area contributed by atoms with E-state index in [1.54, 1.807) is 0 Å². The van der Waals surface area contributed by atoms with Crippen molar-refractivity contribution in [3.8, 4) is 5.69 Å². The van der Waals surface area contributed by atoms with Crippen molar-refractivity contribution in [2.24, 2.45) is 10.7 Å². The summed E-state index contributed by atoms with van der Waals surface area (Å²) < 4.78 is 2.29. The summed E-state index contributed by atoms with van der Waals surface area (Å²) in [7, 11) is 0. The summed E-state index contributed by atoms with van der Waals surface area (Å²) in [6.45, 7) is 18.4. The molecule has 8 heteroatoms. The zero-order valence-corrected chi connectivity index (χ0v) is 38.0. The van der Waals surface area contributed by atoms with Crippen LogP contribution in [-0.2, 0) is 0 Å². The third kappa shape index (κ3) is 12.1. The number of hydrogen-bond acceptors (Lipinski definition) is 6. The molecule has 7 rings (SSSR count). The molecular formula is C53H70N8+2. The number of allylic oxidation sites excluding steroid dienone is 3. The Hall–Kier alpha value is -5.99. The Balaban J connectivity index is 0.00000171. The van der Waals surface area contributed by atoms with Crippen LogP contribution < -0.4 is 32.0 Å². The highest BCUT2D eigenvalue weighted by atomic mass is 15.0. The number of rotatable bonds is 16. The lowest BCUT2D eigenvalue weighted by atomic mass is 10.0. The van der Waals surface area contributed by atoms with Crippen LogP contribution in [0.2, 0.25) is 0 Å². The highest BCUT2D eigenvalue weighted by Gasteiger charge is 2.22. The molecular weight excluding hydrogens is 749 g/mol. The van der Waals surface area contributed by atoms with E-state index in [2.05, 4.69) is 144 Å². The van der Waals surface area contributed by atoms with Crippen molar-refractivity contribution in [2.45, 2.75) is 107 Å². The molecule has 8 nitrogen and oxygen atoms in total. The molecule has 0 saturated carbocycles. The first kappa shape index (κ1) is 46.1. The average molecular weight is 819 g/mol. The summed E-state index contributed by atoms with van der Waals surface area (Å²) in [4.78, 5) is 10.2. The highest BCUT2D eigenvalue weighted by Crippen LogP contribution is 2.33. The molecule has 5 aromatic carbocycles. The molecule has 0 amide bonds. The number of aryl methyl sites for hydroxylation is 2. The summed E-state index contributed by atoms with van der Waals surface area (Å²) in [6.07, 6.45) is 13.5. The lowest BCUT2D eigenvalue weighted by Crippen LogP contribution is -2.71. The number of quaternary nitrogens is 1. The third-order valence-corrected chi connectivity index (χ3v) is 11.1. The van der Waals surface area contributed by atoms with Crippen LogP contribution >= 0.6 is 0 Å². The van der Waals surface area contributed by atoms with E-state index in [0.29, 0.717) is 0 Å². The van der Waals surface area contributed by atoms with Gasteiger partial charge in [0.15, 0.2) is 5.69 Å². The molecule has 0 bridgehead atoms. The Morgan fingerprint density at radius 1 is 0.656 bits per heavy atom. The molecule has 320 valence electrons. The summed E-state index contributed by atoms with van der Waals surface area (Å²) in [6, 6.07) is 33.9. The summed E-state index contributed by atoms with van der Waals surface area (Å²) in [5.41, 5.74) is 30.4. The van der Waals surface area contributed by atoms with Gasteiger partial charge in [0.25, 0.3) is 0 Å². The van der Waals surface area contributed by atoms with Crippen molar-refractivity contribution >= 4 is 61.9 Å². The fourth-order valence-electron chi connectivity index (χ4n) is 7.70. The molecule has 0 aliphatic heterocycles. The number of unbranched alkanes of at least 4 members (excludes halogenated alkanes) is 6. The topological polar surface area (TPSA) is 122 Å². The predicted molar refractivity (Wildman–Crippen MR) is 263 cm³/mol. The largest absolute Gasteiger partial charge is 0.399 e. The Morgan fingerprint density at radius 3 is 1.87 bits per heavy atom. The molecule has 1 aliphatic carbocycles. The van der Waals surface area contributed by atoms with Crippen LogP contribution in [0.1, 0.15) is 103 Å². The van der Waals surface area contributed by atoms with Gasteiger partial charge in [0.2, 0.25) is 16.7 Å². The van der Waals surface area contributed by atoms with Gasteiger partial charge in [-0.15, -0.1) is 4.57 Å². The number of nitrogens with two attached hydrogens (primary N) is 3. The standard InChI is InChI=1S/C49H56N8.2C2H6/c1-33-28-38(22-23-40(33)50)54-43-25-24-42(36(4)49(43)55-37-18-12-10-13-19-37)52-26-16-8-6-5-7-9-17-27-53-44-32-48-46(30-35(44)3)56-45-29-34(2)41(51)31-47(45)57(48)39-20-14-11-15-21-39;2*1-2/h10-15,18-21,23-25,28-32,52,55H,5-9,16-17,22,26-27,50H2,1-4H3,(H2,51,53);2*1-2H3/p+2. The van der Waals surface area contributed by atoms with Crippen LogP contribution in [0.25, 0.3) is 27.8 Å². The number of nitrogens with zero attached hydrogens (tertiary/aromatic N) is 3. The number of anilines is 3. The number of aliphatic imine (C=N–C) groups is 1. The lowest BCUT2D eigenvalue weighted by molar-refractivity contribution is -0.538. The second-order valence-corrected chi connectivity index (χ2v) is 15.5. The average Bonchev–Trinajstić information content (AvgIpc) is 3.28. The van der Waals surface area contributed by atoms with E-state index >= 15 is 0 Å². The quantitative estimate of drug-likeness (QED) is 0.0288. The maximum absolute atomic E-state index is 6.40. The molecule has 0 unspecified atom stereocenters. The smallest absolute Gasteiger partial charge is 0.239 e. The minimum atomic E-state index is 0.747. The lowest BCUT2D eigenvalue weighted by Gasteiger charge is -2.15. The second kappa shape index (κ2) is 23.1. The molecule has 0 radical (unpaired) electrons. The van der Waals surface area contributed by atoms with E-state index in [9.17, 15) is 0 Å². The highest BCUT2D eigenvalue weighted by molar-refractivity contribution is 6.00. The van der Waals surface area contributed by atoms with Gasteiger partial charge in [-0.3, -0.25) is 5.32 Å². The van der Waals surface area contributed by atoms with Gasteiger partial charge < -0.3 is 22.1 Å². The molecule has 0 spiro atoms. The summed E-state index contributed by atoms with van der Waals surface area (Å²) in [5.74, 6) is 0. The van der Waals surface area contributed by atoms with Crippen LogP contribution in [0.15, 0.2) is 125 Å². The molecule has 0 saturated heterocycles. The number of para-hydroxylation sites is 2. The molecule has 0 fully saturated rings. The third-order valence-electron chi connectivity index (χ3n) is 11.1. The monoisotopic (exact) mass is 819 g/mol. The number of fused-ring (bicyclic) bond motifs is 2. The van der Waals surface area contributed by atoms with Crippen molar-refractivity contribution < 1.29 is 9.88 Å². The molecule has 61 heavy (non-hydrogen) atoms. The van der Waals surface area contributed by atoms with Crippen LogP contribution in [0.5, 0.6) is 0 Å². The zero-order chi connectivity index (χ0) is 43.7. The first-order chi connectivity index (χ1) is 29.7. The van der Waals surface area contributed by atoms with Gasteiger partial charge in [-0.1, -0.05) is 102 Å². The number of benzene rings is 5. The van der Waals surface area contributed by atoms with Crippen molar-refractivity contribution in [1.82, 2.24) is 4.98 Å². The van der Waals surface area contributed by atoms with Gasteiger partial charge in [0.1, 0.15) is 22.4 Å². The minimum Gasteiger partial charge on any atom is -0.399 e. The van der Waals surface area contributed by atoms with Crippen molar-refractivity contribution in [2.75, 3.05) is 29.5 Å². The van der Waals surface area contributed by atoms with Crippen LogP contribution in [0.3, 0.4) is 0 Å². The predicted octanol–water partition coefficient (Wildman–Crippen LogP) is 12.3. The van der Waals surface area contributed by atoms with E-state index in [1.807, 2.05) is 41.5 Å². The SMILES string of the molecule is CC.CC.CC1=CC(=Nc2ccc(NCCCCCCCCCNc3cc4c(cc3C)nc3cc(C)c(N)cc3[n+]4-c3ccccc3)c(C)c2[NH2+]c2ccccc2)CC=C1N.